The molecule has 1 N–H and O–H groups in total. The van der Waals surface area contributed by atoms with E-state index in [2.05, 4.69) is 5.32 Å². The van der Waals surface area contributed by atoms with Gasteiger partial charge in [0.2, 0.25) is 0 Å². The summed E-state index contributed by atoms with van der Waals surface area (Å²) in [6.07, 6.45) is 0. The number of carbonyl (C=O) groups is 2. The van der Waals surface area contributed by atoms with Gasteiger partial charge >= 0.3 is 0 Å². The number of para-hydroxylation sites is 2. The van der Waals surface area contributed by atoms with Crippen LogP contribution in [0.25, 0.3) is 0 Å². The highest BCUT2D eigenvalue weighted by Crippen LogP contribution is 2.23. The molecule has 0 unspecified atom stereocenters. The summed E-state index contributed by atoms with van der Waals surface area (Å²) >= 11 is 6.10. The molecule has 0 saturated carbocycles. The maximum atomic E-state index is 13.1. The van der Waals surface area contributed by atoms with Crippen molar-refractivity contribution in [2.24, 2.45) is 0 Å². The second-order valence-corrected chi connectivity index (χ2v) is 6.27. The molecule has 0 fully saturated rings. The Kier molecular flexibility index (Phi) is 5.89. The molecule has 3 aromatic rings. The largest absolute Gasteiger partial charge is 0.321 e. The molecule has 3 aromatic carbocycles. The SMILES string of the molecule is CCN(C(=O)c1ccccc1NC(=O)c1ccccc1Cl)c1ccccc1. The summed E-state index contributed by atoms with van der Waals surface area (Å²) in [4.78, 5) is 27.4. The quantitative estimate of drug-likeness (QED) is 0.658. The van der Waals surface area contributed by atoms with Gasteiger partial charge in [0.25, 0.3) is 11.8 Å². The van der Waals surface area contributed by atoms with E-state index in [0.717, 1.165) is 5.69 Å². The smallest absolute Gasteiger partial charge is 0.260 e. The molecule has 5 heteroatoms. The Labute approximate surface area is 163 Å². The zero-order valence-corrected chi connectivity index (χ0v) is 15.6. The van der Waals surface area contributed by atoms with Gasteiger partial charge in [0, 0.05) is 12.2 Å². The monoisotopic (exact) mass is 378 g/mol. The lowest BCUT2D eigenvalue weighted by Gasteiger charge is -2.22. The fourth-order valence-electron chi connectivity index (χ4n) is 2.81. The lowest BCUT2D eigenvalue weighted by Crippen LogP contribution is -2.31. The van der Waals surface area contributed by atoms with Gasteiger partial charge in [0.1, 0.15) is 0 Å². The van der Waals surface area contributed by atoms with E-state index in [1.54, 1.807) is 53.4 Å². The third-order valence-electron chi connectivity index (χ3n) is 4.15. The third-order valence-corrected chi connectivity index (χ3v) is 4.48. The number of nitrogens with zero attached hydrogens (tertiary/aromatic N) is 1. The summed E-state index contributed by atoms with van der Waals surface area (Å²) in [5.41, 5.74) is 2.03. The minimum absolute atomic E-state index is 0.182. The van der Waals surface area contributed by atoms with Crippen molar-refractivity contribution in [2.45, 2.75) is 6.92 Å². The van der Waals surface area contributed by atoms with Crippen LogP contribution in [0.4, 0.5) is 11.4 Å². The Morgan fingerprint density at radius 2 is 1.44 bits per heavy atom. The molecule has 0 spiro atoms. The Morgan fingerprint density at radius 1 is 0.852 bits per heavy atom. The van der Waals surface area contributed by atoms with Crippen molar-refractivity contribution in [1.29, 1.82) is 0 Å². The summed E-state index contributed by atoms with van der Waals surface area (Å²) in [7, 11) is 0. The molecule has 27 heavy (non-hydrogen) atoms. The van der Waals surface area contributed by atoms with Crippen LogP contribution in [0.1, 0.15) is 27.6 Å². The zero-order chi connectivity index (χ0) is 19.2. The van der Waals surface area contributed by atoms with Gasteiger partial charge in [-0.25, -0.2) is 0 Å². The second kappa shape index (κ2) is 8.52. The van der Waals surface area contributed by atoms with Crippen LogP contribution in [0.15, 0.2) is 78.9 Å². The van der Waals surface area contributed by atoms with E-state index >= 15 is 0 Å². The number of hydrogen-bond acceptors (Lipinski definition) is 2. The van der Waals surface area contributed by atoms with Gasteiger partial charge in [-0.3, -0.25) is 9.59 Å². The molecule has 0 aliphatic carbocycles. The average molecular weight is 379 g/mol. The van der Waals surface area contributed by atoms with Gasteiger partial charge in [-0.05, 0) is 43.3 Å². The fourth-order valence-corrected chi connectivity index (χ4v) is 3.03. The minimum Gasteiger partial charge on any atom is -0.321 e. The topological polar surface area (TPSA) is 49.4 Å². The second-order valence-electron chi connectivity index (χ2n) is 5.86. The highest BCUT2D eigenvalue weighted by molar-refractivity contribution is 6.34. The Hall–Kier alpha value is -3.11. The molecule has 136 valence electrons. The maximum absolute atomic E-state index is 13.1. The Bertz CT molecular complexity index is 957. The summed E-state index contributed by atoms with van der Waals surface area (Å²) in [5.74, 6) is -0.539. The first-order valence-electron chi connectivity index (χ1n) is 8.63. The molecule has 0 aliphatic heterocycles. The first kappa shape index (κ1) is 18.7. The number of nitrogens with one attached hydrogen (secondary N) is 1. The molecule has 0 aromatic heterocycles. The number of carbonyl (C=O) groups excluding carboxylic acids is 2. The number of halogens is 1. The normalized spacial score (nSPS) is 10.3. The van der Waals surface area contributed by atoms with E-state index in [0.29, 0.717) is 28.4 Å². The van der Waals surface area contributed by atoms with Crippen molar-refractivity contribution < 1.29 is 9.59 Å². The van der Waals surface area contributed by atoms with Crippen molar-refractivity contribution in [3.63, 3.8) is 0 Å². The fraction of sp³-hybridized carbons (Fsp3) is 0.0909. The summed E-state index contributed by atoms with van der Waals surface area (Å²) < 4.78 is 0. The number of hydrogen-bond donors (Lipinski definition) is 1. The highest BCUT2D eigenvalue weighted by atomic mass is 35.5. The number of anilines is 2. The van der Waals surface area contributed by atoms with Gasteiger partial charge in [-0.1, -0.05) is 54.1 Å². The van der Waals surface area contributed by atoms with Crippen molar-refractivity contribution >= 4 is 34.8 Å². The van der Waals surface area contributed by atoms with E-state index in [9.17, 15) is 9.59 Å². The molecule has 0 bridgehead atoms. The summed E-state index contributed by atoms with van der Waals surface area (Å²) in [5, 5.41) is 3.17. The summed E-state index contributed by atoms with van der Waals surface area (Å²) in [6, 6.07) is 23.2. The predicted molar refractivity (Wildman–Crippen MR) is 110 cm³/mol. The van der Waals surface area contributed by atoms with E-state index in [1.165, 1.54) is 0 Å². The van der Waals surface area contributed by atoms with Crippen LogP contribution < -0.4 is 10.2 Å². The van der Waals surface area contributed by atoms with Gasteiger partial charge in [-0.15, -0.1) is 0 Å². The number of benzene rings is 3. The molecule has 0 heterocycles. The minimum atomic E-state index is -0.358. The van der Waals surface area contributed by atoms with Gasteiger partial charge in [-0.2, -0.15) is 0 Å². The molecular formula is C22H19ClN2O2. The predicted octanol–water partition coefficient (Wildman–Crippen LogP) is 5.26. The van der Waals surface area contributed by atoms with Gasteiger partial charge in [0.15, 0.2) is 0 Å². The molecule has 2 amide bonds. The van der Waals surface area contributed by atoms with Crippen molar-refractivity contribution in [1.82, 2.24) is 0 Å². The van der Waals surface area contributed by atoms with Crippen LogP contribution in [0.5, 0.6) is 0 Å². The highest BCUT2D eigenvalue weighted by Gasteiger charge is 2.20. The van der Waals surface area contributed by atoms with E-state index in [4.69, 9.17) is 11.6 Å². The van der Waals surface area contributed by atoms with Gasteiger partial charge < -0.3 is 10.2 Å². The first-order chi connectivity index (χ1) is 13.1. The van der Waals surface area contributed by atoms with Crippen LogP contribution in [0.2, 0.25) is 5.02 Å². The lowest BCUT2D eigenvalue weighted by atomic mass is 10.1. The standard InChI is InChI=1S/C22H19ClN2O2/c1-2-25(16-10-4-3-5-11-16)22(27)18-13-7-9-15-20(18)24-21(26)17-12-6-8-14-19(17)23/h3-15H,2H2,1H3,(H,24,26). The first-order valence-corrected chi connectivity index (χ1v) is 9.01. The molecule has 4 nitrogen and oxygen atoms in total. The van der Waals surface area contributed by atoms with E-state index in [1.807, 2.05) is 37.3 Å². The average Bonchev–Trinajstić information content (AvgIpc) is 2.70. The van der Waals surface area contributed by atoms with Crippen molar-refractivity contribution in [2.75, 3.05) is 16.8 Å². The maximum Gasteiger partial charge on any atom is 0.260 e. The van der Waals surface area contributed by atoms with Crippen molar-refractivity contribution in [3.8, 4) is 0 Å². The van der Waals surface area contributed by atoms with Crippen LogP contribution in [-0.4, -0.2) is 18.4 Å². The molecule has 3 rings (SSSR count). The van der Waals surface area contributed by atoms with Crippen LogP contribution in [-0.2, 0) is 0 Å². The van der Waals surface area contributed by atoms with E-state index < -0.39 is 0 Å². The zero-order valence-electron chi connectivity index (χ0n) is 14.9. The Balaban J connectivity index is 1.91. The third kappa shape index (κ3) is 4.18. The van der Waals surface area contributed by atoms with Gasteiger partial charge in [0.05, 0.1) is 21.8 Å². The lowest BCUT2D eigenvalue weighted by molar-refractivity contribution is 0.0989. The molecule has 0 saturated heterocycles. The molecule has 0 atom stereocenters. The number of rotatable bonds is 5. The molecule has 0 aliphatic rings. The van der Waals surface area contributed by atoms with E-state index in [-0.39, 0.29) is 11.8 Å². The summed E-state index contributed by atoms with van der Waals surface area (Å²) in [6.45, 7) is 2.42. The van der Waals surface area contributed by atoms with Crippen LogP contribution in [0, 0.1) is 0 Å². The number of amides is 2. The van der Waals surface area contributed by atoms with Crippen LogP contribution in [0.3, 0.4) is 0 Å². The Morgan fingerprint density at radius 3 is 2.11 bits per heavy atom. The molecular weight excluding hydrogens is 360 g/mol. The van der Waals surface area contributed by atoms with Crippen LogP contribution >= 0.6 is 11.6 Å². The molecule has 0 radical (unpaired) electrons. The van der Waals surface area contributed by atoms with Crippen molar-refractivity contribution in [3.05, 3.63) is 95.0 Å².